The van der Waals surface area contributed by atoms with Crippen LogP contribution in [-0.4, -0.2) is 18.4 Å². The molecule has 1 heterocycles. The molecule has 0 saturated heterocycles. The Hall–Kier alpha value is -2.62. The Kier molecular flexibility index (Phi) is 4.61. The number of anilines is 2. The largest absolute Gasteiger partial charge is 0.322 e. The van der Waals surface area contributed by atoms with Crippen molar-refractivity contribution in [1.82, 2.24) is 0 Å². The van der Waals surface area contributed by atoms with Gasteiger partial charge in [0.15, 0.2) is 0 Å². The maximum absolute atomic E-state index is 12.7. The summed E-state index contributed by atoms with van der Waals surface area (Å²) >= 11 is 0. The number of carbonyl (C=O) groups excluding carboxylic acids is 2. The zero-order valence-corrected chi connectivity index (χ0v) is 16.1. The maximum Gasteiger partial charge on any atom is 0.255 e. The minimum absolute atomic E-state index is 0.106. The first kappa shape index (κ1) is 18.2. The average Bonchev–Trinajstić information content (AvgIpc) is 2.96. The molecule has 0 spiro atoms. The second-order valence-electron chi connectivity index (χ2n) is 8.07. The van der Waals surface area contributed by atoms with Crippen molar-refractivity contribution in [3.8, 4) is 0 Å². The number of fused-ring (bicyclic) bond motifs is 1. The van der Waals surface area contributed by atoms with Crippen LogP contribution in [0.1, 0.15) is 47.8 Å². The van der Waals surface area contributed by atoms with Gasteiger partial charge in [-0.2, -0.15) is 0 Å². The van der Waals surface area contributed by atoms with Crippen molar-refractivity contribution >= 4 is 23.2 Å². The van der Waals surface area contributed by atoms with Crippen molar-refractivity contribution in [1.29, 1.82) is 0 Å². The number of nitrogens with zero attached hydrogens (tertiary/aromatic N) is 1. The lowest BCUT2D eigenvalue weighted by atomic mass is 9.94. The molecule has 0 atom stereocenters. The van der Waals surface area contributed by atoms with Crippen LogP contribution in [0.15, 0.2) is 36.4 Å². The van der Waals surface area contributed by atoms with E-state index in [1.807, 2.05) is 75.9 Å². The van der Waals surface area contributed by atoms with Crippen molar-refractivity contribution < 1.29 is 9.59 Å². The van der Waals surface area contributed by atoms with Gasteiger partial charge in [-0.15, -0.1) is 0 Å². The maximum atomic E-state index is 12.7. The Labute approximate surface area is 155 Å². The number of aryl methyl sites for hydroxylation is 2. The molecule has 1 N–H and O–H groups in total. The number of hydrogen-bond acceptors (Lipinski definition) is 2. The van der Waals surface area contributed by atoms with E-state index in [0.29, 0.717) is 17.8 Å². The fourth-order valence-electron chi connectivity index (χ4n) is 3.34. The molecule has 1 aliphatic rings. The lowest BCUT2D eigenvalue weighted by Crippen LogP contribution is -2.38. The third-order valence-corrected chi connectivity index (χ3v) is 4.75. The van der Waals surface area contributed by atoms with E-state index in [-0.39, 0.29) is 11.8 Å². The highest BCUT2D eigenvalue weighted by molar-refractivity contribution is 6.06. The van der Waals surface area contributed by atoms with Crippen molar-refractivity contribution in [3.63, 3.8) is 0 Å². The highest BCUT2D eigenvalue weighted by Gasteiger charge is 2.32. The Morgan fingerprint density at radius 3 is 2.42 bits per heavy atom. The molecule has 1 aliphatic heterocycles. The van der Waals surface area contributed by atoms with Gasteiger partial charge in [0.2, 0.25) is 5.91 Å². The SMILES string of the molecule is Cc1ccc(C(=O)Nc2ccc3c(c2)N(C(=O)C(C)(C)C)CC3)c(C)c1. The first-order chi connectivity index (χ1) is 12.2. The highest BCUT2D eigenvalue weighted by Crippen LogP contribution is 2.34. The smallest absolute Gasteiger partial charge is 0.255 e. The topological polar surface area (TPSA) is 49.4 Å². The molecule has 0 aromatic heterocycles. The van der Waals surface area contributed by atoms with Crippen LogP contribution in [0.4, 0.5) is 11.4 Å². The summed E-state index contributed by atoms with van der Waals surface area (Å²) in [6.45, 7) is 10.4. The quantitative estimate of drug-likeness (QED) is 0.867. The first-order valence-corrected chi connectivity index (χ1v) is 9.00. The van der Waals surface area contributed by atoms with Gasteiger partial charge in [-0.05, 0) is 49.6 Å². The lowest BCUT2D eigenvalue weighted by molar-refractivity contribution is -0.125. The predicted octanol–water partition coefficient (Wildman–Crippen LogP) is 4.49. The van der Waals surface area contributed by atoms with Crippen LogP contribution in [0, 0.1) is 19.3 Å². The zero-order chi connectivity index (χ0) is 19.1. The van der Waals surface area contributed by atoms with E-state index in [4.69, 9.17) is 0 Å². The number of nitrogens with one attached hydrogen (secondary N) is 1. The van der Waals surface area contributed by atoms with Crippen LogP contribution in [0.25, 0.3) is 0 Å². The van der Waals surface area contributed by atoms with E-state index in [2.05, 4.69) is 5.32 Å². The summed E-state index contributed by atoms with van der Waals surface area (Å²) in [5.41, 5.74) is 5.08. The molecule has 2 aromatic carbocycles. The van der Waals surface area contributed by atoms with E-state index in [1.54, 1.807) is 0 Å². The molecule has 0 bridgehead atoms. The van der Waals surface area contributed by atoms with Gasteiger partial charge in [0.1, 0.15) is 0 Å². The van der Waals surface area contributed by atoms with Gasteiger partial charge < -0.3 is 10.2 Å². The van der Waals surface area contributed by atoms with Crippen LogP contribution < -0.4 is 10.2 Å². The Morgan fingerprint density at radius 1 is 1.04 bits per heavy atom. The van der Waals surface area contributed by atoms with E-state index in [1.165, 1.54) is 0 Å². The summed E-state index contributed by atoms with van der Waals surface area (Å²) in [6.07, 6.45) is 0.850. The van der Waals surface area contributed by atoms with Gasteiger partial charge in [-0.3, -0.25) is 9.59 Å². The average molecular weight is 350 g/mol. The summed E-state index contributed by atoms with van der Waals surface area (Å²) in [7, 11) is 0. The standard InChI is InChI=1S/C22H26N2O2/c1-14-6-9-18(15(2)12-14)20(25)23-17-8-7-16-10-11-24(19(16)13-17)21(26)22(3,4)5/h6-9,12-13H,10-11H2,1-5H3,(H,23,25). The second-order valence-corrected chi connectivity index (χ2v) is 8.07. The van der Waals surface area contributed by atoms with Crippen LogP contribution in [0.3, 0.4) is 0 Å². The third kappa shape index (κ3) is 3.50. The Balaban J connectivity index is 1.85. The van der Waals surface area contributed by atoms with Gasteiger partial charge in [0, 0.05) is 28.9 Å². The fraction of sp³-hybridized carbons (Fsp3) is 0.364. The van der Waals surface area contributed by atoms with Gasteiger partial charge in [-0.1, -0.05) is 44.5 Å². The molecule has 2 amide bonds. The number of carbonyl (C=O) groups is 2. The molecule has 0 aliphatic carbocycles. The number of rotatable bonds is 2. The molecule has 0 unspecified atom stereocenters. The Morgan fingerprint density at radius 2 is 1.77 bits per heavy atom. The van der Waals surface area contributed by atoms with Crippen LogP contribution >= 0.6 is 0 Å². The molecule has 2 aromatic rings. The molecule has 0 saturated carbocycles. The van der Waals surface area contributed by atoms with Gasteiger partial charge >= 0.3 is 0 Å². The molecular formula is C22H26N2O2. The summed E-state index contributed by atoms with van der Waals surface area (Å²) in [5.74, 6) is -0.0248. The van der Waals surface area contributed by atoms with Gasteiger partial charge in [0.05, 0.1) is 0 Å². The van der Waals surface area contributed by atoms with Crippen molar-refractivity contribution in [2.24, 2.45) is 5.41 Å². The van der Waals surface area contributed by atoms with Gasteiger partial charge in [-0.25, -0.2) is 0 Å². The summed E-state index contributed by atoms with van der Waals surface area (Å²) in [6, 6.07) is 11.6. The molecule has 3 rings (SSSR count). The summed E-state index contributed by atoms with van der Waals surface area (Å²) in [5, 5.41) is 2.97. The van der Waals surface area contributed by atoms with Gasteiger partial charge in [0.25, 0.3) is 5.91 Å². The molecule has 4 nitrogen and oxygen atoms in total. The predicted molar refractivity (Wildman–Crippen MR) is 106 cm³/mol. The van der Waals surface area contributed by atoms with Crippen molar-refractivity contribution in [3.05, 3.63) is 58.7 Å². The van der Waals surface area contributed by atoms with Crippen LogP contribution in [-0.2, 0) is 11.2 Å². The fourth-order valence-corrected chi connectivity index (χ4v) is 3.34. The van der Waals surface area contributed by atoms with Crippen LogP contribution in [0.5, 0.6) is 0 Å². The van der Waals surface area contributed by atoms with Crippen molar-refractivity contribution in [2.75, 3.05) is 16.8 Å². The van der Waals surface area contributed by atoms with Crippen LogP contribution in [0.2, 0.25) is 0 Å². The normalized spacial score (nSPS) is 13.5. The monoisotopic (exact) mass is 350 g/mol. The van der Waals surface area contributed by atoms with E-state index in [0.717, 1.165) is 28.8 Å². The van der Waals surface area contributed by atoms with Crippen molar-refractivity contribution in [2.45, 2.75) is 41.0 Å². The lowest BCUT2D eigenvalue weighted by Gasteiger charge is -2.26. The molecule has 26 heavy (non-hydrogen) atoms. The number of amides is 2. The molecule has 4 heteroatoms. The third-order valence-electron chi connectivity index (χ3n) is 4.75. The van der Waals surface area contributed by atoms with E-state index < -0.39 is 5.41 Å². The zero-order valence-electron chi connectivity index (χ0n) is 16.1. The minimum Gasteiger partial charge on any atom is -0.322 e. The minimum atomic E-state index is -0.431. The summed E-state index contributed by atoms with van der Waals surface area (Å²) in [4.78, 5) is 27.2. The Bertz CT molecular complexity index is 878. The summed E-state index contributed by atoms with van der Waals surface area (Å²) < 4.78 is 0. The number of benzene rings is 2. The highest BCUT2D eigenvalue weighted by atomic mass is 16.2. The number of hydrogen-bond donors (Lipinski definition) is 1. The molecule has 136 valence electrons. The second kappa shape index (κ2) is 6.60. The first-order valence-electron chi connectivity index (χ1n) is 9.00. The molecule has 0 radical (unpaired) electrons. The van der Waals surface area contributed by atoms with E-state index in [9.17, 15) is 9.59 Å². The molecular weight excluding hydrogens is 324 g/mol. The molecule has 0 fully saturated rings. The van der Waals surface area contributed by atoms with E-state index >= 15 is 0 Å².